The maximum absolute atomic E-state index is 13.2. The molecule has 2 atom stereocenters. The molecule has 0 radical (unpaired) electrons. The van der Waals surface area contributed by atoms with Gasteiger partial charge < -0.3 is 14.8 Å². The van der Waals surface area contributed by atoms with Crippen LogP contribution in [-0.4, -0.2) is 48.1 Å². The second kappa shape index (κ2) is 10.8. The van der Waals surface area contributed by atoms with Crippen LogP contribution < -0.4 is 10.2 Å². The molecule has 5 nitrogen and oxygen atoms in total. The van der Waals surface area contributed by atoms with Gasteiger partial charge in [0.15, 0.2) is 4.90 Å². The molecule has 5 rings (SSSR count). The average Bonchev–Trinajstić information content (AvgIpc) is 3.00. The third-order valence-corrected chi connectivity index (χ3v) is 8.31. The summed E-state index contributed by atoms with van der Waals surface area (Å²) < 4.78 is 26.1. The predicted octanol–water partition coefficient (Wildman–Crippen LogP) is 4.25. The number of hydrogen-bond acceptors (Lipinski definition) is 4. The number of nitrogens with one attached hydrogen (secondary N) is 1. The zero-order chi connectivity index (χ0) is 24.2. The number of carbonyl (C=O) groups is 1. The van der Waals surface area contributed by atoms with E-state index in [-0.39, 0.29) is 17.8 Å². The second-order valence-electron chi connectivity index (χ2n) is 9.14. The number of carbonyl (C=O) groups excluding carboxylic acids is 1. The first-order valence-electron chi connectivity index (χ1n) is 12.2. The van der Waals surface area contributed by atoms with E-state index in [2.05, 4.69) is 15.1 Å². The first kappa shape index (κ1) is 23.9. The van der Waals surface area contributed by atoms with Crippen molar-refractivity contribution in [3.8, 4) is 0 Å². The summed E-state index contributed by atoms with van der Waals surface area (Å²) in [4.78, 5) is 18.4. The van der Waals surface area contributed by atoms with E-state index >= 15 is 0 Å². The van der Waals surface area contributed by atoms with Crippen LogP contribution in [0, 0.1) is 5.82 Å². The Morgan fingerprint density at radius 3 is 2.40 bits per heavy atom. The minimum Gasteiger partial charge on any atom is -0.611 e. The van der Waals surface area contributed by atoms with Gasteiger partial charge in [0.05, 0.1) is 6.04 Å². The van der Waals surface area contributed by atoms with Gasteiger partial charge in [0.25, 0.3) is 0 Å². The molecule has 0 spiro atoms. The number of rotatable bonds is 6. The van der Waals surface area contributed by atoms with Crippen LogP contribution in [0.25, 0.3) is 0 Å². The normalized spacial score (nSPS) is 20.0. The van der Waals surface area contributed by atoms with Crippen molar-refractivity contribution in [2.45, 2.75) is 29.5 Å². The lowest BCUT2D eigenvalue weighted by molar-refractivity contribution is -0.121. The number of benzene rings is 3. The van der Waals surface area contributed by atoms with Gasteiger partial charge in [-0.15, -0.1) is 0 Å². The summed E-state index contributed by atoms with van der Waals surface area (Å²) in [5.41, 5.74) is 4.01. The Labute approximate surface area is 209 Å². The lowest BCUT2D eigenvalue weighted by Gasteiger charge is -2.36. The zero-order valence-corrected chi connectivity index (χ0v) is 20.5. The molecule has 0 aromatic heterocycles. The van der Waals surface area contributed by atoms with Gasteiger partial charge in [-0.3, -0.25) is 9.69 Å². The Morgan fingerprint density at radius 2 is 1.63 bits per heavy atom. The highest BCUT2D eigenvalue weighted by atomic mass is 32.2. The van der Waals surface area contributed by atoms with E-state index in [0.717, 1.165) is 66.4 Å². The fourth-order valence-corrected chi connectivity index (χ4v) is 6.37. The smallest absolute Gasteiger partial charge is 0.220 e. The molecule has 2 aliphatic rings. The van der Waals surface area contributed by atoms with E-state index in [4.69, 9.17) is 0 Å². The molecule has 1 saturated heterocycles. The predicted molar refractivity (Wildman–Crippen MR) is 137 cm³/mol. The number of piperazine rings is 1. The van der Waals surface area contributed by atoms with Crippen molar-refractivity contribution >= 4 is 22.8 Å². The number of amides is 1. The van der Waals surface area contributed by atoms with Crippen LogP contribution in [0.5, 0.6) is 0 Å². The van der Waals surface area contributed by atoms with Gasteiger partial charge in [-0.1, -0.05) is 42.5 Å². The lowest BCUT2D eigenvalue weighted by Crippen LogP contribution is -2.46. The summed E-state index contributed by atoms with van der Waals surface area (Å²) >= 11 is -1.14. The number of fused-ring (bicyclic) bond motifs is 2. The Hall–Kier alpha value is -2.87. The van der Waals surface area contributed by atoms with Gasteiger partial charge in [-0.05, 0) is 60.0 Å². The van der Waals surface area contributed by atoms with Crippen molar-refractivity contribution in [2.75, 3.05) is 37.6 Å². The third-order valence-electron chi connectivity index (χ3n) is 6.88. The van der Waals surface area contributed by atoms with E-state index in [1.165, 1.54) is 12.1 Å². The standard InChI is InChI=1S/C28H30FN3O2S/c29-22-11-13-23(14-12-22)32-18-16-31(17-19-32)15-5-10-27(33)30-28-24-7-2-1-6-21(24)20-35(34)26-9-4-3-8-25(26)28/h1-4,6-9,11-14,28H,5,10,15-20H2,(H,30,33). The van der Waals surface area contributed by atoms with Gasteiger partial charge >= 0.3 is 0 Å². The van der Waals surface area contributed by atoms with Crippen molar-refractivity contribution < 1.29 is 13.7 Å². The molecule has 0 bridgehead atoms. The highest BCUT2D eigenvalue weighted by Crippen LogP contribution is 2.36. The van der Waals surface area contributed by atoms with E-state index in [1.54, 1.807) is 0 Å². The number of halogens is 1. The summed E-state index contributed by atoms with van der Waals surface area (Å²) in [5.74, 6) is 0.260. The van der Waals surface area contributed by atoms with Crippen LogP contribution in [0.1, 0.15) is 35.6 Å². The molecular weight excluding hydrogens is 461 g/mol. The molecule has 1 fully saturated rings. The molecule has 2 heterocycles. The van der Waals surface area contributed by atoms with Crippen molar-refractivity contribution in [3.05, 3.63) is 95.3 Å². The molecule has 1 N–H and O–H groups in total. The summed E-state index contributed by atoms with van der Waals surface area (Å²) in [7, 11) is 0. The number of hydrogen-bond donors (Lipinski definition) is 1. The van der Waals surface area contributed by atoms with Crippen LogP contribution in [-0.2, 0) is 21.7 Å². The van der Waals surface area contributed by atoms with Crippen LogP contribution in [0.4, 0.5) is 10.1 Å². The van der Waals surface area contributed by atoms with Gasteiger partial charge in [-0.2, -0.15) is 0 Å². The summed E-state index contributed by atoms with van der Waals surface area (Å²) in [6.07, 6.45) is 1.23. The van der Waals surface area contributed by atoms with Crippen LogP contribution in [0.3, 0.4) is 0 Å². The Balaban J connectivity index is 1.16. The molecule has 182 valence electrons. The van der Waals surface area contributed by atoms with Crippen LogP contribution in [0.15, 0.2) is 77.7 Å². The highest BCUT2D eigenvalue weighted by molar-refractivity contribution is 7.90. The molecule has 2 unspecified atom stereocenters. The van der Waals surface area contributed by atoms with Gasteiger partial charge in [0, 0.05) is 49.4 Å². The van der Waals surface area contributed by atoms with Gasteiger partial charge in [-0.25, -0.2) is 4.39 Å². The fourth-order valence-electron chi connectivity index (χ4n) is 4.99. The Kier molecular flexibility index (Phi) is 7.37. The molecular formula is C28H30FN3O2S. The maximum atomic E-state index is 13.2. The molecule has 0 saturated carbocycles. The largest absolute Gasteiger partial charge is 0.611 e. The highest BCUT2D eigenvalue weighted by Gasteiger charge is 2.31. The van der Waals surface area contributed by atoms with Crippen molar-refractivity contribution in [2.24, 2.45) is 0 Å². The van der Waals surface area contributed by atoms with Crippen molar-refractivity contribution in [1.82, 2.24) is 10.2 Å². The van der Waals surface area contributed by atoms with Crippen molar-refractivity contribution in [1.29, 1.82) is 0 Å². The first-order chi connectivity index (χ1) is 17.1. The topological polar surface area (TPSA) is 58.6 Å². The number of nitrogens with zero attached hydrogens (tertiary/aromatic N) is 2. The third kappa shape index (κ3) is 5.53. The Morgan fingerprint density at radius 1 is 0.943 bits per heavy atom. The molecule has 3 aromatic carbocycles. The van der Waals surface area contributed by atoms with Crippen LogP contribution >= 0.6 is 0 Å². The monoisotopic (exact) mass is 491 g/mol. The van der Waals surface area contributed by atoms with Gasteiger partial charge in [0.1, 0.15) is 11.6 Å². The lowest BCUT2D eigenvalue weighted by atomic mass is 9.95. The van der Waals surface area contributed by atoms with E-state index in [1.807, 2.05) is 60.7 Å². The molecule has 2 aliphatic heterocycles. The SMILES string of the molecule is O=C(CCCN1CCN(c2ccc(F)cc2)CC1)NC1c2ccccc2C[S+]([O-])c2ccccc21. The molecule has 7 heteroatoms. The van der Waals surface area contributed by atoms with Crippen LogP contribution in [0.2, 0.25) is 0 Å². The average molecular weight is 492 g/mol. The van der Waals surface area contributed by atoms with Crippen molar-refractivity contribution in [3.63, 3.8) is 0 Å². The molecule has 3 aromatic rings. The van der Waals surface area contributed by atoms with E-state index in [9.17, 15) is 13.7 Å². The zero-order valence-electron chi connectivity index (χ0n) is 19.7. The quantitative estimate of drug-likeness (QED) is 0.524. The first-order valence-corrected chi connectivity index (χ1v) is 13.5. The molecule has 0 aliphatic carbocycles. The van der Waals surface area contributed by atoms with Gasteiger partial charge in [0.2, 0.25) is 5.91 Å². The summed E-state index contributed by atoms with van der Waals surface area (Å²) in [6.45, 7) is 4.50. The molecule has 1 amide bonds. The molecule has 35 heavy (non-hydrogen) atoms. The minimum atomic E-state index is -1.14. The maximum Gasteiger partial charge on any atom is 0.220 e. The number of anilines is 1. The van der Waals surface area contributed by atoms with E-state index < -0.39 is 11.2 Å². The van der Waals surface area contributed by atoms with E-state index in [0.29, 0.717) is 12.2 Å². The second-order valence-corrected chi connectivity index (χ2v) is 10.6. The summed E-state index contributed by atoms with van der Waals surface area (Å²) in [6, 6.07) is 22.1. The Bertz CT molecular complexity index is 1160. The minimum absolute atomic E-state index is 0.0113. The summed E-state index contributed by atoms with van der Waals surface area (Å²) in [5, 5.41) is 3.23. The fraction of sp³-hybridized carbons (Fsp3) is 0.321.